The molecule has 1 saturated carbocycles. The van der Waals surface area contributed by atoms with Gasteiger partial charge in [0.05, 0.1) is 17.7 Å². The molecule has 43 heavy (non-hydrogen) atoms. The summed E-state index contributed by atoms with van der Waals surface area (Å²) in [5.74, 6) is -0.146. The van der Waals surface area contributed by atoms with Gasteiger partial charge in [-0.1, -0.05) is 72.8 Å². The standard InChI is InChI=1S/C32H37Cl2N3O5S/c1-4-30(32(39)35-26-7-5-6-8-26)36(20-23-11-13-28(42-3)14-12-23)31(38)21-37(27-18-24(33)17-25(34)19-27)43(40,41)29-15-9-22(2)10-16-29/h9-19,26,30H,4-8,20-21H2,1-3H3,(H,35,39)/t30-/m0/s1. The van der Waals surface area contributed by atoms with Crippen LogP contribution in [0, 0.1) is 6.92 Å². The van der Waals surface area contributed by atoms with Crippen molar-refractivity contribution in [3.8, 4) is 5.75 Å². The van der Waals surface area contributed by atoms with Crippen LogP contribution in [0.5, 0.6) is 5.75 Å². The number of aryl methyl sites for hydroxylation is 1. The second kappa shape index (κ2) is 14.5. The van der Waals surface area contributed by atoms with Crippen molar-refractivity contribution in [1.82, 2.24) is 10.2 Å². The number of anilines is 1. The number of benzene rings is 3. The van der Waals surface area contributed by atoms with Crippen LogP contribution in [-0.4, -0.2) is 50.9 Å². The van der Waals surface area contributed by atoms with E-state index in [0.717, 1.165) is 41.1 Å². The van der Waals surface area contributed by atoms with Crippen molar-refractivity contribution in [3.05, 3.63) is 87.9 Å². The maximum Gasteiger partial charge on any atom is 0.264 e. The van der Waals surface area contributed by atoms with Crippen molar-refractivity contribution >= 4 is 50.7 Å². The zero-order chi connectivity index (χ0) is 31.1. The molecule has 2 amide bonds. The molecule has 1 aliphatic rings. The largest absolute Gasteiger partial charge is 0.497 e. The number of hydrogen-bond acceptors (Lipinski definition) is 5. The highest BCUT2D eigenvalue weighted by Gasteiger charge is 2.34. The minimum absolute atomic E-state index is 0.00900. The van der Waals surface area contributed by atoms with E-state index < -0.39 is 28.5 Å². The molecule has 4 rings (SSSR count). The Morgan fingerprint density at radius 3 is 2.14 bits per heavy atom. The molecule has 0 spiro atoms. The van der Waals surface area contributed by atoms with Gasteiger partial charge in [-0.2, -0.15) is 0 Å². The number of carbonyl (C=O) groups is 2. The summed E-state index contributed by atoms with van der Waals surface area (Å²) in [6.45, 7) is 3.21. The first-order valence-corrected chi connectivity index (χ1v) is 16.5. The lowest BCUT2D eigenvalue weighted by Crippen LogP contribution is -2.53. The first-order valence-electron chi connectivity index (χ1n) is 14.3. The van der Waals surface area contributed by atoms with Crippen LogP contribution in [0.2, 0.25) is 10.0 Å². The molecule has 11 heteroatoms. The van der Waals surface area contributed by atoms with E-state index in [-0.39, 0.29) is 39.1 Å². The molecule has 0 aromatic heterocycles. The van der Waals surface area contributed by atoms with Gasteiger partial charge in [0.2, 0.25) is 11.8 Å². The first-order chi connectivity index (χ1) is 20.5. The lowest BCUT2D eigenvalue weighted by molar-refractivity contribution is -0.140. The summed E-state index contributed by atoms with van der Waals surface area (Å²) in [6.07, 6.45) is 4.22. The van der Waals surface area contributed by atoms with Gasteiger partial charge >= 0.3 is 0 Å². The Morgan fingerprint density at radius 1 is 0.977 bits per heavy atom. The fourth-order valence-electron chi connectivity index (χ4n) is 5.26. The van der Waals surface area contributed by atoms with Crippen molar-refractivity contribution in [2.45, 2.75) is 69.5 Å². The minimum Gasteiger partial charge on any atom is -0.497 e. The molecule has 0 heterocycles. The number of carbonyl (C=O) groups excluding carboxylic acids is 2. The van der Waals surface area contributed by atoms with Crippen molar-refractivity contribution in [1.29, 1.82) is 0 Å². The van der Waals surface area contributed by atoms with Crippen LogP contribution in [0.15, 0.2) is 71.6 Å². The Bertz CT molecular complexity index is 1510. The van der Waals surface area contributed by atoms with Gasteiger partial charge < -0.3 is 15.0 Å². The molecular formula is C32H37Cl2N3O5S. The van der Waals surface area contributed by atoms with Crippen LogP contribution in [0.4, 0.5) is 5.69 Å². The summed E-state index contributed by atoms with van der Waals surface area (Å²) in [5, 5.41) is 3.55. The Morgan fingerprint density at radius 2 is 1.58 bits per heavy atom. The molecule has 1 atom stereocenters. The molecule has 0 saturated heterocycles. The number of nitrogens with one attached hydrogen (secondary N) is 1. The molecule has 0 aliphatic heterocycles. The molecule has 3 aromatic rings. The SMILES string of the molecule is CC[C@@H](C(=O)NC1CCCC1)N(Cc1ccc(OC)cc1)C(=O)CN(c1cc(Cl)cc(Cl)c1)S(=O)(=O)c1ccc(C)cc1. The summed E-state index contributed by atoms with van der Waals surface area (Å²) in [7, 11) is -2.67. The van der Waals surface area contributed by atoms with Crippen LogP contribution in [0.1, 0.15) is 50.2 Å². The highest BCUT2D eigenvalue weighted by Crippen LogP contribution is 2.30. The number of methoxy groups -OCH3 is 1. The Balaban J connectivity index is 1.73. The molecule has 230 valence electrons. The molecule has 0 unspecified atom stereocenters. The molecule has 3 aromatic carbocycles. The summed E-state index contributed by atoms with van der Waals surface area (Å²) in [4.78, 5) is 29.3. The number of nitrogens with zero attached hydrogens (tertiary/aromatic N) is 2. The van der Waals surface area contributed by atoms with E-state index >= 15 is 0 Å². The van der Waals surface area contributed by atoms with Gasteiger partial charge in [0.15, 0.2) is 0 Å². The summed E-state index contributed by atoms with van der Waals surface area (Å²) >= 11 is 12.5. The lowest BCUT2D eigenvalue weighted by atomic mass is 10.1. The zero-order valence-corrected chi connectivity index (χ0v) is 26.9. The van der Waals surface area contributed by atoms with E-state index in [1.54, 1.807) is 31.4 Å². The topological polar surface area (TPSA) is 96.0 Å². The molecule has 0 radical (unpaired) electrons. The second-order valence-corrected chi connectivity index (χ2v) is 13.5. The Labute approximate surface area is 264 Å². The Hall–Kier alpha value is -3.27. The minimum atomic E-state index is -4.23. The van der Waals surface area contributed by atoms with Gasteiger partial charge in [0.1, 0.15) is 18.3 Å². The van der Waals surface area contributed by atoms with E-state index in [2.05, 4.69) is 5.32 Å². The molecule has 1 N–H and O–H groups in total. The van der Waals surface area contributed by atoms with E-state index in [9.17, 15) is 18.0 Å². The fraction of sp³-hybridized carbons (Fsp3) is 0.375. The summed E-state index contributed by atoms with van der Waals surface area (Å²) < 4.78 is 34.3. The average molecular weight is 647 g/mol. The fourth-order valence-corrected chi connectivity index (χ4v) is 7.18. The van der Waals surface area contributed by atoms with Gasteiger partial charge in [-0.3, -0.25) is 13.9 Å². The number of halogens is 2. The molecule has 1 fully saturated rings. The van der Waals surface area contributed by atoms with Crippen molar-refractivity contribution in [2.75, 3.05) is 18.0 Å². The van der Waals surface area contributed by atoms with Crippen LogP contribution < -0.4 is 14.4 Å². The summed E-state index contributed by atoms with van der Waals surface area (Å²) in [5.41, 5.74) is 1.79. The van der Waals surface area contributed by atoms with E-state index in [1.807, 2.05) is 26.0 Å². The van der Waals surface area contributed by atoms with Crippen LogP contribution in [0.3, 0.4) is 0 Å². The van der Waals surface area contributed by atoms with Gasteiger partial charge in [-0.15, -0.1) is 0 Å². The average Bonchev–Trinajstić information content (AvgIpc) is 3.48. The van der Waals surface area contributed by atoms with Crippen molar-refractivity contribution < 1.29 is 22.7 Å². The number of amides is 2. The Kier molecular flexibility index (Phi) is 11.0. The molecule has 0 bridgehead atoms. The molecule has 1 aliphatic carbocycles. The second-order valence-electron chi connectivity index (χ2n) is 10.7. The van der Waals surface area contributed by atoms with E-state index in [0.29, 0.717) is 12.2 Å². The van der Waals surface area contributed by atoms with Crippen molar-refractivity contribution in [3.63, 3.8) is 0 Å². The third kappa shape index (κ3) is 8.22. The quantitative estimate of drug-likeness (QED) is 0.247. The highest BCUT2D eigenvalue weighted by atomic mass is 35.5. The van der Waals surface area contributed by atoms with Crippen molar-refractivity contribution in [2.24, 2.45) is 0 Å². The first kappa shape index (κ1) is 32.6. The van der Waals surface area contributed by atoms with Gasteiger partial charge in [0.25, 0.3) is 10.0 Å². The third-order valence-electron chi connectivity index (χ3n) is 7.62. The normalized spacial score (nSPS) is 14.3. The highest BCUT2D eigenvalue weighted by molar-refractivity contribution is 7.92. The zero-order valence-electron chi connectivity index (χ0n) is 24.6. The third-order valence-corrected chi connectivity index (χ3v) is 9.85. The van der Waals surface area contributed by atoms with Gasteiger partial charge in [-0.25, -0.2) is 8.42 Å². The number of ether oxygens (including phenoxy) is 1. The van der Waals surface area contributed by atoms with Gasteiger partial charge in [0, 0.05) is 22.6 Å². The number of hydrogen-bond donors (Lipinski definition) is 1. The smallest absolute Gasteiger partial charge is 0.264 e. The number of sulfonamides is 1. The maximum atomic E-state index is 14.2. The molecule has 8 nitrogen and oxygen atoms in total. The lowest BCUT2D eigenvalue weighted by Gasteiger charge is -2.34. The van der Waals surface area contributed by atoms with Crippen LogP contribution >= 0.6 is 23.2 Å². The monoisotopic (exact) mass is 645 g/mol. The predicted octanol–water partition coefficient (Wildman–Crippen LogP) is 6.37. The van der Waals surface area contributed by atoms with Gasteiger partial charge in [-0.05, 0) is 74.2 Å². The van der Waals surface area contributed by atoms with E-state index in [1.165, 1.54) is 35.2 Å². The van der Waals surface area contributed by atoms with Crippen LogP contribution in [-0.2, 0) is 26.2 Å². The summed E-state index contributed by atoms with van der Waals surface area (Å²) in [6, 6.07) is 17.2. The maximum absolute atomic E-state index is 14.2. The van der Waals surface area contributed by atoms with Crippen LogP contribution in [0.25, 0.3) is 0 Å². The predicted molar refractivity (Wildman–Crippen MR) is 170 cm³/mol. The molecular weight excluding hydrogens is 609 g/mol. The van der Waals surface area contributed by atoms with E-state index in [4.69, 9.17) is 27.9 Å². The number of rotatable bonds is 12.